The van der Waals surface area contributed by atoms with E-state index in [-0.39, 0.29) is 24.0 Å². The summed E-state index contributed by atoms with van der Waals surface area (Å²) in [5, 5.41) is 5.68. The van der Waals surface area contributed by atoms with Gasteiger partial charge in [-0.1, -0.05) is 13.8 Å². The molecule has 32 heavy (non-hydrogen) atoms. The first kappa shape index (κ1) is 21.7. The highest BCUT2D eigenvalue weighted by Gasteiger charge is 2.29. The third-order valence-electron chi connectivity index (χ3n) is 5.82. The number of pyridine rings is 1. The number of fused-ring (bicyclic) bond motifs is 1. The predicted octanol–water partition coefficient (Wildman–Crippen LogP) is 3.68. The van der Waals surface area contributed by atoms with Gasteiger partial charge in [0.25, 0.3) is 0 Å². The summed E-state index contributed by atoms with van der Waals surface area (Å²) in [7, 11) is 0. The number of carbonyl (C=O) groups excluding carboxylic acids is 2. The maximum absolute atomic E-state index is 12.3. The van der Waals surface area contributed by atoms with Crippen LogP contribution in [0.1, 0.15) is 32.3 Å². The standard InChI is InChI=1S/C24H29N5O3/c1-3-17(2)23(30)29-12-9-21(16-29)32-20-6-4-19(5-7-20)27-24(31)26-15-18-8-11-28-13-10-25-22(28)14-18/h4-8,10-11,13-14,17,21H,3,9,12,15-16H2,1-2H3,(H2,26,27,31)/t17-,21+/m0/s1. The Bertz CT molecular complexity index is 1080. The zero-order chi connectivity index (χ0) is 22.5. The van der Waals surface area contributed by atoms with Gasteiger partial charge in [-0.25, -0.2) is 9.78 Å². The van der Waals surface area contributed by atoms with Crippen LogP contribution in [-0.4, -0.2) is 45.4 Å². The van der Waals surface area contributed by atoms with Crippen molar-refractivity contribution in [3.8, 4) is 5.75 Å². The molecule has 8 heteroatoms. The number of nitrogens with one attached hydrogen (secondary N) is 2. The van der Waals surface area contributed by atoms with E-state index in [1.54, 1.807) is 6.20 Å². The first-order valence-electron chi connectivity index (χ1n) is 11.0. The van der Waals surface area contributed by atoms with Crippen LogP contribution in [0.2, 0.25) is 0 Å². The van der Waals surface area contributed by atoms with Gasteiger partial charge in [0.1, 0.15) is 17.5 Å². The lowest BCUT2D eigenvalue weighted by molar-refractivity contribution is -0.134. The van der Waals surface area contributed by atoms with E-state index in [1.807, 2.05) is 71.9 Å². The van der Waals surface area contributed by atoms with Gasteiger partial charge in [0, 0.05) is 49.7 Å². The van der Waals surface area contributed by atoms with Gasteiger partial charge in [-0.15, -0.1) is 0 Å². The topological polar surface area (TPSA) is 88.0 Å². The van der Waals surface area contributed by atoms with Crippen LogP contribution in [0.4, 0.5) is 10.5 Å². The maximum atomic E-state index is 12.3. The average Bonchev–Trinajstić information content (AvgIpc) is 3.47. The largest absolute Gasteiger partial charge is 0.489 e. The van der Waals surface area contributed by atoms with Crippen LogP contribution in [0.5, 0.6) is 5.75 Å². The van der Waals surface area contributed by atoms with Crippen molar-refractivity contribution >= 4 is 23.3 Å². The fraction of sp³-hybridized carbons (Fsp3) is 0.375. The van der Waals surface area contributed by atoms with Crippen molar-refractivity contribution in [3.63, 3.8) is 0 Å². The number of aromatic nitrogens is 2. The molecule has 1 aliphatic heterocycles. The summed E-state index contributed by atoms with van der Waals surface area (Å²) in [6.07, 6.45) is 7.21. The zero-order valence-corrected chi connectivity index (χ0v) is 18.5. The van der Waals surface area contributed by atoms with Gasteiger partial charge in [-0.05, 0) is 48.4 Å². The average molecular weight is 436 g/mol. The molecule has 0 saturated carbocycles. The number of rotatable bonds is 7. The summed E-state index contributed by atoms with van der Waals surface area (Å²) < 4.78 is 7.95. The predicted molar refractivity (Wildman–Crippen MR) is 123 cm³/mol. The molecule has 168 valence electrons. The Morgan fingerprint density at radius 1 is 1.22 bits per heavy atom. The molecular formula is C24H29N5O3. The first-order chi connectivity index (χ1) is 15.5. The van der Waals surface area contributed by atoms with Crippen LogP contribution < -0.4 is 15.4 Å². The van der Waals surface area contributed by atoms with Gasteiger partial charge < -0.3 is 24.7 Å². The molecule has 8 nitrogen and oxygen atoms in total. The molecule has 3 heterocycles. The smallest absolute Gasteiger partial charge is 0.319 e. The van der Waals surface area contributed by atoms with Crippen LogP contribution >= 0.6 is 0 Å². The summed E-state index contributed by atoms with van der Waals surface area (Å²) in [6, 6.07) is 10.9. The molecule has 4 rings (SSSR count). The third kappa shape index (κ3) is 5.19. The Kier molecular flexibility index (Phi) is 6.58. The Morgan fingerprint density at radius 2 is 2.03 bits per heavy atom. The van der Waals surface area contributed by atoms with E-state index in [1.165, 1.54) is 0 Å². The van der Waals surface area contributed by atoms with Gasteiger partial charge in [0.15, 0.2) is 0 Å². The Hall–Kier alpha value is -3.55. The number of imidazole rings is 1. The van der Waals surface area contributed by atoms with Crippen molar-refractivity contribution in [3.05, 3.63) is 60.6 Å². The minimum absolute atomic E-state index is 0.00228. The molecule has 2 atom stereocenters. The van der Waals surface area contributed by atoms with Crippen LogP contribution in [0.25, 0.3) is 5.65 Å². The zero-order valence-electron chi connectivity index (χ0n) is 18.5. The summed E-state index contributed by atoms with van der Waals surface area (Å²) >= 11 is 0. The van der Waals surface area contributed by atoms with E-state index >= 15 is 0 Å². The molecule has 1 saturated heterocycles. The second-order valence-electron chi connectivity index (χ2n) is 8.18. The summed E-state index contributed by atoms with van der Waals surface area (Å²) in [4.78, 5) is 30.7. The second kappa shape index (κ2) is 9.72. The van der Waals surface area contributed by atoms with Gasteiger partial charge in [-0.2, -0.15) is 0 Å². The van der Waals surface area contributed by atoms with Gasteiger partial charge in [0.05, 0.1) is 6.54 Å². The van der Waals surface area contributed by atoms with E-state index in [0.29, 0.717) is 18.8 Å². The first-order valence-corrected chi connectivity index (χ1v) is 11.0. The number of hydrogen-bond donors (Lipinski definition) is 2. The van der Waals surface area contributed by atoms with Crippen molar-refractivity contribution in [2.75, 3.05) is 18.4 Å². The lowest BCUT2D eigenvalue weighted by Gasteiger charge is -2.20. The minimum Gasteiger partial charge on any atom is -0.489 e. The Morgan fingerprint density at radius 3 is 2.81 bits per heavy atom. The third-order valence-corrected chi connectivity index (χ3v) is 5.82. The number of anilines is 1. The number of ether oxygens (including phenoxy) is 1. The van der Waals surface area contributed by atoms with E-state index in [4.69, 9.17) is 4.74 Å². The lowest BCUT2D eigenvalue weighted by Crippen LogP contribution is -2.34. The minimum atomic E-state index is -0.281. The number of nitrogens with zero attached hydrogens (tertiary/aromatic N) is 3. The van der Waals surface area contributed by atoms with Crippen molar-refractivity contribution in [1.29, 1.82) is 0 Å². The van der Waals surface area contributed by atoms with Crippen molar-refractivity contribution in [2.24, 2.45) is 5.92 Å². The molecule has 0 aliphatic carbocycles. The molecule has 3 amide bonds. The van der Waals surface area contributed by atoms with Gasteiger partial charge >= 0.3 is 6.03 Å². The number of amides is 3. The number of benzene rings is 1. The molecule has 1 aliphatic rings. The second-order valence-corrected chi connectivity index (χ2v) is 8.18. The molecule has 3 aromatic rings. The SMILES string of the molecule is CC[C@H](C)C(=O)N1CC[C@@H](Oc2ccc(NC(=O)NCc3ccn4ccnc4c3)cc2)C1. The fourth-order valence-corrected chi connectivity index (χ4v) is 3.74. The quantitative estimate of drug-likeness (QED) is 0.593. The fourth-order valence-electron chi connectivity index (χ4n) is 3.74. The number of carbonyl (C=O) groups is 2. The summed E-state index contributed by atoms with van der Waals surface area (Å²) in [5.41, 5.74) is 2.49. The Balaban J connectivity index is 1.23. The van der Waals surface area contributed by atoms with E-state index < -0.39 is 0 Å². The molecule has 2 N–H and O–H groups in total. The van der Waals surface area contributed by atoms with Crippen LogP contribution in [0.15, 0.2) is 55.0 Å². The lowest BCUT2D eigenvalue weighted by atomic mass is 10.1. The molecule has 2 aromatic heterocycles. The highest BCUT2D eigenvalue weighted by molar-refractivity contribution is 5.89. The maximum Gasteiger partial charge on any atom is 0.319 e. The van der Waals surface area contributed by atoms with Crippen LogP contribution in [0.3, 0.4) is 0 Å². The molecule has 0 unspecified atom stereocenters. The number of hydrogen-bond acceptors (Lipinski definition) is 4. The van der Waals surface area contributed by atoms with Crippen LogP contribution in [-0.2, 0) is 11.3 Å². The summed E-state index contributed by atoms with van der Waals surface area (Å²) in [5.74, 6) is 0.986. The molecule has 0 radical (unpaired) electrons. The van der Waals surface area contributed by atoms with E-state index in [2.05, 4.69) is 15.6 Å². The molecule has 0 bridgehead atoms. The molecular weight excluding hydrogens is 406 g/mol. The van der Waals surface area contributed by atoms with Gasteiger partial charge in [-0.3, -0.25) is 4.79 Å². The van der Waals surface area contributed by atoms with E-state index in [9.17, 15) is 9.59 Å². The highest BCUT2D eigenvalue weighted by Crippen LogP contribution is 2.22. The van der Waals surface area contributed by atoms with Crippen molar-refractivity contribution < 1.29 is 14.3 Å². The van der Waals surface area contributed by atoms with Crippen molar-refractivity contribution in [2.45, 2.75) is 39.3 Å². The monoisotopic (exact) mass is 435 g/mol. The van der Waals surface area contributed by atoms with Gasteiger partial charge in [0.2, 0.25) is 5.91 Å². The highest BCUT2D eigenvalue weighted by atomic mass is 16.5. The number of urea groups is 1. The summed E-state index contributed by atoms with van der Waals surface area (Å²) in [6.45, 7) is 5.76. The molecule has 0 spiro atoms. The molecule has 1 fully saturated rings. The van der Waals surface area contributed by atoms with Crippen LogP contribution in [0, 0.1) is 5.92 Å². The number of likely N-dealkylation sites (tertiary alicyclic amines) is 1. The Labute approximate surface area is 187 Å². The van der Waals surface area contributed by atoms with Crippen molar-refractivity contribution in [1.82, 2.24) is 19.6 Å². The van der Waals surface area contributed by atoms with E-state index in [0.717, 1.165) is 36.3 Å². The normalized spacial score (nSPS) is 16.7. The molecule has 1 aromatic carbocycles.